The Morgan fingerprint density at radius 2 is 1.31 bits per heavy atom. The SMILES string of the molecule is CC(C)C(N)C(=O)NC(CC(=O)O)C(=O)NC(CCC(=O)O)C(=O)NC(Cc1ccccc1)C(=O)O. The molecule has 13 heteroatoms. The molecule has 0 saturated carbocycles. The summed E-state index contributed by atoms with van der Waals surface area (Å²) in [5.74, 6) is -7.20. The van der Waals surface area contributed by atoms with Crippen LogP contribution in [0.1, 0.15) is 38.7 Å². The van der Waals surface area contributed by atoms with Crippen LogP contribution in [0.15, 0.2) is 30.3 Å². The van der Waals surface area contributed by atoms with Crippen molar-refractivity contribution in [2.45, 2.75) is 63.7 Å². The van der Waals surface area contributed by atoms with Crippen LogP contribution in [0.5, 0.6) is 0 Å². The van der Waals surface area contributed by atoms with Crippen LogP contribution < -0.4 is 21.7 Å². The second kappa shape index (κ2) is 14.4. The number of hydrogen-bond donors (Lipinski definition) is 7. The van der Waals surface area contributed by atoms with Crippen LogP contribution >= 0.6 is 0 Å². The second-order valence-corrected chi connectivity index (χ2v) is 8.51. The maximum Gasteiger partial charge on any atom is 0.326 e. The predicted molar refractivity (Wildman–Crippen MR) is 126 cm³/mol. The van der Waals surface area contributed by atoms with Crippen molar-refractivity contribution in [1.82, 2.24) is 16.0 Å². The van der Waals surface area contributed by atoms with Crippen LogP contribution in [-0.4, -0.2) is 75.1 Å². The van der Waals surface area contributed by atoms with E-state index in [1.807, 2.05) is 0 Å². The first kappa shape index (κ1) is 30.0. The van der Waals surface area contributed by atoms with Crippen LogP contribution in [0, 0.1) is 5.92 Å². The van der Waals surface area contributed by atoms with Crippen molar-refractivity contribution in [1.29, 1.82) is 0 Å². The zero-order valence-electron chi connectivity index (χ0n) is 20.0. The van der Waals surface area contributed by atoms with Crippen molar-refractivity contribution in [3.63, 3.8) is 0 Å². The summed E-state index contributed by atoms with van der Waals surface area (Å²) in [6, 6.07) is 2.88. The van der Waals surface area contributed by atoms with E-state index in [0.717, 1.165) is 0 Å². The van der Waals surface area contributed by atoms with Gasteiger partial charge in [-0.3, -0.25) is 24.0 Å². The van der Waals surface area contributed by atoms with Gasteiger partial charge in [0.05, 0.1) is 12.5 Å². The van der Waals surface area contributed by atoms with Crippen molar-refractivity contribution in [3.8, 4) is 0 Å². The number of carboxylic acid groups (broad SMARTS) is 3. The lowest BCUT2D eigenvalue weighted by Crippen LogP contribution is -2.58. The van der Waals surface area contributed by atoms with E-state index in [1.165, 1.54) is 0 Å². The normalized spacial score (nSPS) is 14.1. The Morgan fingerprint density at radius 1 is 0.778 bits per heavy atom. The monoisotopic (exact) mass is 508 g/mol. The number of benzene rings is 1. The summed E-state index contributed by atoms with van der Waals surface area (Å²) >= 11 is 0. The lowest BCUT2D eigenvalue weighted by atomic mass is 10.0. The van der Waals surface area contributed by atoms with Gasteiger partial charge in [0.25, 0.3) is 0 Å². The number of carboxylic acids is 3. The number of carbonyl (C=O) groups is 6. The number of amides is 3. The largest absolute Gasteiger partial charge is 0.481 e. The summed E-state index contributed by atoms with van der Waals surface area (Å²) in [6.45, 7) is 3.30. The van der Waals surface area contributed by atoms with E-state index in [2.05, 4.69) is 16.0 Å². The van der Waals surface area contributed by atoms with Crippen LogP contribution in [0.4, 0.5) is 0 Å². The molecule has 1 aromatic rings. The minimum atomic E-state index is -1.61. The van der Waals surface area contributed by atoms with E-state index in [4.69, 9.17) is 15.9 Å². The van der Waals surface area contributed by atoms with E-state index in [0.29, 0.717) is 5.56 Å². The molecule has 0 bridgehead atoms. The number of nitrogens with two attached hydrogens (primary N) is 1. The van der Waals surface area contributed by atoms with Crippen molar-refractivity contribution < 1.29 is 44.1 Å². The molecule has 0 aliphatic rings. The molecule has 8 N–H and O–H groups in total. The first-order chi connectivity index (χ1) is 16.8. The van der Waals surface area contributed by atoms with Crippen molar-refractivity contribution >= 4 is 35.6 Å². The summed E-state index contributed by atoms with van der Waals surface area (Å²) in [4.78, 5) is 71.9. The van der Waals surface area contributed by atoms with Gasteiger partial charge in [0.15, 0.2) is 0 Å². The highest BCUT2D eigenvalue weighted by atomic mass is 16.4. The average Bonchev–Trinajstić information content (AvgIpc) is 2.80. The minimum absolute atomic E-state index is 0.0771. The molecule has 198 valence electrons. The number of aliphatic carboxylic acids is 3. The molecule has 0 aromatic heterocycles. The Balaban J connectivity index is 3.05. The molecule has 0 aliphatic carbocycles. The van der Waals surface area contributed by atoms with Crippen molar-refractivity contribution in [2.24, 2.45) is 11.7 Å². The van der Waals surface area contributed by atoms with Gasteiger partial charge in [-0.2, -0.15) is 0 Å². The van der Waals surface area contributed by atoms with Gasteiger partial charge in [-0.15, -0.1) is 0 Å². The van der Waals surface area contributed by atoms with E-state index >= 15 is 0 Å². The number of rotatable bonds is 15. The molecule has 0 heterocycles. The van der Waals surface area contributed by atoms with Gasteiger partial charge in [0, 0.05) is 12.8 Å². The molecular weight excluding hydrogens is 476 g/mol. The Labute approximate surface area is 207 Å². The highest BCUT2D eigenvalue weighted by molar-refractivity contribution is 5.95. The van der Waals surface area contributed by atoms with Gasteiger partial charge in [-0.05, 0) is 17.9 Å². The highest BCUT2D eigenvalue weighted by Crippen LogP contribution is 2.07. The summed E-state index contributed by atoms with van der Waals surface area (Å²) in [6.07, 6.45) is -1.87. The molecule has 0 fully saturated rings. The van der Waals surface area contributed by atoms with Gasteiger partial charge < -0.3 is 37.0 Å². The highest BCUT2D eigenvalue weighted by Gasteiger charge is 2.32. The third kappa shape index (κ3) is 10.5. The van der Waals surface area contributed by atoms with Crippen molar-refractivity contribution in [2.75, 3.05) is 0 Å². The van der Waals surface area contributed by atoms with Gasteiger partial charge >= 0.3 is 17.9 Å². The standard InChI is InChI=1S/C23H32N4O9/c1-12(2)19(24)22(34)26-15(11-18(30)31)21(33)25-14(8-9-17(28)29)20(32)27-16(23(35)36)10-13-6-4-3-5-7-13/h3-7,12,14-16,19H,8-11,24H2,1-2H3,(H,25,33)(H,26,34)(H,27,32)(H,28,29)(H,30,31)(H,35,36). The maximum atomic E-state index is 12.9. The maximum absolute atomic E-state index is 12.9. The molecule has 0 spiro atoms. The van der Waals surface area contributed by atoms with Crippen LogP contribution in [-0.2, 0) is 35.2 Å². The smallest absolute Gasteiger partial charge is 0.326 e. The third-order valence-corrected chi connectivity index (χ3v) is 5.21. The Hall–Kier alpha value is -4.00. The molecular formula is C23H32N4O9. The molecule has 3 amide bonds. The van der Waals surface area contributed by atoms with Crippen LogP contribution in [0.25, 0.3) is 0 Å². The van der Waals surface area contributed by atoms with Gasteiger partial charge in [-0.1, -0.05) is 44.2 Å². The van der Waals surface area contributed by atoms with Gasteiger partial charge in [0.2, 0.25) is 17.7 Å². The number of hydrogen-bond acceptors (Lipinski definition) is 7. The summed E-state index contributed by atoms with van der Waals surface area (Å²) in [7, 11) is 0. The Bertz CT molecular complexity index is 952. The van der Waals surface area contributed by atoms with Crippen LogP contribution in [0.2, 0.25) is 0 Å². The Morgan fingerprint density at radius 3 is 1.81 bits per heavy atom. The summed E-state index contributed by atoms with van der Waals surface area (Å²) < 4.78 is 0. The van der Waals surface area contributed by atoms with E-state index in [-0.39, 0.29) is 12.3 Å². The first-order valence-electron chi connectivity index (χ1n) is 11.2. The predicted octanol–water partition coefficient (Wildman–Crippen LogP) is -0.909. The fourth-order valence-electron chi connectivity index (χ4n) is 3.09. The molecule has 1 rings (SSSR count). The molecule has 4 atom stereocenters. The quantitative estimate of drug-likeness (QED) is 0.154. The lowest BCUT2D eigenvalue weighted by molar-refractivity contribution is -0.143. The topological polar surface area (TPSA) is 225 Å². The second-order valence-electron chi connectivity index (χ2n) is 8.51. The third-order valence-electron chi connectivity index (χ3n) is 5.21. The summed E-state index contributed by atoms with van der Waals surface area (Å²) in [5.41, 5.74) is 6.35. The molecule has 13 nitrogen and oxygen atoms in total. The first-order valence-corrected chi connectivity index (χ1v) is 11.2. The molecule has 4 unspecified atom stereocenters. The van der Waals surface area contributed by atoms with E-state index < -0.39 is 79.1 Å². The van der Waals surface area contributed by atoms with Crippen LogP contribution in [0.3, 0.4) is 0 Å². The molecule has 36 heavy (non-hydrogen) atoms. The fraction of sp³-hybridized carbons (Fsp3) is 0.478. The molecule has 1 aromatic carbocycles. The minimum Gasteiger partial charge on any atom is -0.481 e. The number of nitrogens with one attached hydrogen (secondary N) is 3. The number of carbonyl (C=O) groups excluding carboxylic acids is 3. The van der Waals surface area contributed by atoms with E-state index in [1.54, 1.807) is 44.2 Å². The van der Waals surface area contributed by atoms with E-state index in [9.17, 15) is 33.9 Å². The zero-order chi connectivity index (χ0) is 27.4. The average molecular weight is 509 g/mol. The van der Waals surface area contributed by atoms with Gasteiger partial charge in [0.1, 0.15) is 18.1 Å². The Kier molecular flexibility index (Phi) is 12.0. The van der Waals surface area contributed by atoms with Crippen molar-refractivity contribution in [3.05, 3.63) is 35.9 Å². The molecule has 0 saturated heterocycles. The summed E-state index contributed by atoms with van der Waals surface area (Å²) in [5, 5.41) is 34.4. The fourth-order valence-corrected chi connectivity index (χ4v) is 3.09. The van der Waals surface area contributed by atoms with Gasteiger partial charge in [-0.25, -0.2) is 4.79 Å². The molecule has 0 aliphatic heterocycles. The molecule has 0 radical (unpaired) electrons. The lowest BCUT2D eigenvalue weighted by Gasteiger charge is -2.25. The zero-order valence-corrected chi connectivity index (χ0v) is 20.0.